The molecule has 0 unspecified atom stereocenters. The lowest BCUT2D eigenvalue weighted by atomic mass is 9.94. The van der Waals surface area contributed by atoms with E-state index in [4.69, 9.17) is 0 Å². The molecule has 1 N–H and O–H groups in total. The normalized spacial score (nSPS) is 22.5. The third-order valence-corrected chi connectivity index (χ3v) is 5.72. The third kappa shape index (κ3) is 4.14. The molecule has 3 fully saturated rings. The number of benzene rings is 1. The molecule has 142 valence electrons. The fraction of sp³-hybridized carbons (Fsp3) is 0.455. The Balaban J connectivity index is 1.50. The van der Waals surface area contributed by atoms with Gasteiger partial charge in [0.2, 0.25) is 0 Å². The summed E-state index contributed by atoms with van der Waals surface area (Å²) in [7, 11) is 0. The predicted octanol–water partition coefficient (Wildman–Crippen LogP) is 2.93. The first-order valence-corrected chi connectivity index (χ1v) is 10.00. The molecule has 2 aromatic rings. The lowest BCUT2D eigenvalue weighted by Crippen LogP contribution is -2.43. The van der Waals surface area contributed by atoms with E-state index < -0.39 is 0 Å². The molecule has 4 heterocycles. The average molecular weight is 364 g/mol. The van der Waals surface area contributed by atoms with Crippen LogP contribution in [0.15, 0.2) is 48.7 Å². The van der Waals surface area contributed by atoms with Gasteiger partial charge in [0.1, 0.15) is 5.82 Å². The molecule has 1 aromatic carbocycles. The van der Waals surface area contributed by atoms with Crippen molar-refractivity contribution < 1.29 is 4.79 Å². The summed E-state index contributed by atoms with van der Waals surface area (Å²) in [6, 6.07) is 15.0. The second kappa shape index (κ2) is 8.09. The van der Waals surface area contributed by atoms with Crippen LogP contribution in [-0.4, -0.2) is 48.0 Å². The largest absolute Gasteiger partial charge is 0.355 e. The molecule has 2 bridgehead atoms. The molecule has 0 aliphatic carbocycles. The van der Waals surface area contributed by atoms with Crippen molar-refractivity contribution in [3.63, 3.8) is 0 Å². The van der Waals surface area contributed by atoms with E-state index in [1.165, 1.54) is 18.4 Å². The molecule has 1 amide bonds. The van der Waals surface area contributed by atoms with Gasteiger partial charge in [0, 0.05) is 50.5 Å². The Hall–Kier alpha value is -2.40. The second-order valence-corrected chi connectivity index (χ2v) is 7.68. The molecule has 5 heteroatoms. The van der Waals surface area contributed by atoms with Crippen LogP contribution in [0.2, 0.25) is 0 Å². The number of anilines is 1. The Morgan fingerprint density at radius 2 is 2.00 bits per heavy atom. The van der Waals surface area contributed by atoms with Crippen molar-refractivity contribution in [2.24, 2.45) is 5.92 Å². The molecule has 0 spiro atoms. The molecular weight excluding hydrogens is 336 g/mol. The zero-order valence-corrected chi connectivity index (χ0v) is 16.0. The van der Waals surface area contributed by atoms with Crippen molar-refractivity contribution in [2.45, 2.75) is 32.4 Å². The monoisotopic (exact) mass is 364 g/mol. The summed E-state index contributed by atoms with van der Waals surface area (Å²) < 4.78 is 0. The van der Waals surface area contributed by atoms with Gasteiger partial charge in [-0.15, -0.1) is 0 Å². The topological polar surface area (TPSA) is 48.5 Å². The van der Waals surface area contributed by atoms with Crippen molar-refractivity contribution in [3.8, 4) is 0 Å². The molecule has 0 radical (unpaired) electrons. The van der Waals surface area contributed by atoms with Gasteiger partial charge >= 0.3 is 0 Å². The minimum Gasteiger partial charge on any atom is -0.355 e. The van der Waals surface area contributed by atoms with Crippen molar-refractivity contribution in [1.82, 2.24) is 15.2 Å². The van der Waals surface area contributed by atoms with Gasteiger partial charge in [-0.3, -0.25) is 9.69 Å². The zero-order chi connectivity index (χ0) is 18.6. The summed E-state index contributed by atoms with van der Waals surface area (Å²) in [6.07, 6.45) is 4.28. The number of hydrogen-bond acceptors (Lipinski definition) is 4. The Morgan fingerprint density at radius 1 is 1.15 bits per heavy atom. The number of rotatable bonds is 5. The van der Waals surface area contributed by atoms with Gasteiger partial charge in [0.25, 0.3) is 5.91 Å². The van der Waals surface area contributed by atoms with Crippen LogP contribution in [0, 0.1) is 5.92 Å². The number of pyridine rings is 1. The zero-order valence-electron chi connectivity index (χ0n) is 16.0. The highest BCUT2D eigenvalue weighted by Gasteiger charge is 2.35. The first-order valence-electron chi connectivity index (χ1n) is 10.00. The summed E-state index contributed by atoms with van der Waals surface area (Å²) in [5, 5.41) is 2.88. The van der Waals surface area contributed by atoms with Crippen LogP contribution in [0.25, 0.3) is 0 Å². The molecule has 3 saturated heterocycles. The minimum atomic E-state index is -0.0235. The summed E-state index contributed by atoms with van der Waals surface area (Å²) in [5.74, 6) is 1.56. The van der Waals surface area contributed by atoms with Gasteiger partial charge in [-0.2, -0.15) is 0 Å². The maximum absolute atomic E-state index is 12.2. The van der Waals surface area contributed by atoms with Crippen LogP contribution in [0.1, 0.15) is 35.7 Å². The number of hydrogen-bond donors (Lipinski definition) is 1. The van der Waals surface area contributed by atoms with Gasteiger partial charge < -0.3 is 10.2 Å². The number of nitrogens with zero attached hydrogens (tertiary/aromatic N) is 3. The molecule has 1 aromatic heterocycles. The standard InChI is InChI=1S/C22H28N4O/c1-2-23-22(27)19-10-11-24-21(12-19)26-15-18-8-9-20(16-26)25(14-18)13-17-6-4-3-5-7-17/h3-7,10-12,18,20H,2,8-9,13-16H2,1H3,(H,23,27)/t18-,20-/m1/s1. The number of piperidine rings is 1. The number of carbonyl (C=O) groups is 1. The van der Waals surface area contributed by atoms with Crippen LogP contribution in [0.4, 0.5) is 5.82 Å². The number of fused-ring (bicyclic) bond motifs is 4. The van der Waals surface area contributed by atoms with Gasteiger partial charge in [-0.1, -0.05) is 30.3 Å². The van der Waals surface area contributed by atoms with Gasteiger partial charge in [0.15, 0.2) is 0 Å². The highest BCUT2D eigenvalue weighted by molar-refractivity contribution is 5.94. The van der Waals surface area contributed by atoms with E-state index in [2.05, 4.69) is 50.4 Å². The van der Waals surface area contributed by atoms with E-state index in [1.54, 1.807) is 12.3 Å². The molecular formula is C22H28N4O. The first kappa shape index (κ1) is 18.0. The number of amides is 1. The summed E-state index contributed by atoms with van der Waals surface area (Å²) in [6.45, 7) is 6.74. The second-order valence-electron chi connectivity index (χ2n) is 7.68. The average Bonchev–Trinajstić information content (AvgIpc) is 3.01. The molecule has 3 aliphatic rings. The molecule has 3 aliphatic heterocycles. The number of nitrogens with one attached hydrogen (secondary N) is 1. The lowest BCUT2D eigenvalue weighted by Gasteiger charge is -2.36. The van der Waals surface area contributed by atoms with Crippen molar-refractivity contribution >= 4 is 11.7 Å². The Labute approximate surface area is 161 Å². The van der Waals surface area contributed by atoms with Crippen LogP contribution in [0.3, 0.4) is 0 Å². The van der Waals surface area contributed by atoms with Crippen molar-refractivity contribution in [1.29, 1.82) is 0 Å². The van der Waals surface area contributed by atoms with Gasteiger partial charge in [-0.05, 0) is 43.4 Å². The lowest BCUT2D eigenvalue weighted by molar-refractivity contribution is 0.0955. The highest BCUT2D eigenvalue weighted by Crippen LogP contribution is 2.31. The first-order chi connectivity index (χ1) is 13.2. The smallest absolute Gasteiger partial charge is 0.251 e. The highest BCUT2D eigenvalue weighted by atomic mass is 16.1. The van der Waals surface area contributed by atoms with E-state index in [1.807, 2.05) is 13.0 Å². The van der Waals surface area contributed by atoms with E-state index in [9.17, 15) is 4.79 Å². The molecule has 2 atom stereocenters. The molecule has 0 saturated carbocycles. The summed E-state index contributed by atoms with van der Waals surface area (Å²) in [4.78, 5) is 21.8. The third-order valence-electron chi connectivity index (χ3n) is 5.72. The maximum atomic E-state index is 12.2. The SMILES string of the molecule is CCNC(=O)c1ccnc(N2C[C@@H]3CC[C@H](C2)N(Cc2ccccc2)C3)c1. The Kier molecular flexibility index (Phi) is 5.39. The minimum absolute atomic E-state index is 0.0235. The van der Waals surface area contributed by atoms with Gasteiger partial charge in [-0.25, -0.2) is 4.98 Å². The van der Waals surface area contributed by atoms with Gasteiger partial charge in [0.05, 0.1) is 0 Å². The fourth-order valence-corrected chi connectivity index (χ4v) is 4.37. The van der Waals surface area contributed by atoms with Crippen LogP contribution in [-0.2, 0) is 6.54 Å². The van der Waals surface area contributed by atoms with E-state index in [-0.39, 0.29) is 5.91 Å². The number of carbonyl (C=O) groups excluding carboxylic acids is 1. The van der Waals surface area contributed by atoms with Crippen molar-refractivity contribution in [3.05, 3.63) is 59.8 Å². The van der Waals surface area contributed by atoms with E-state index in [0.29, 0.717) is 24.1 Å². The summed E-state index contributed by atoms with van der Waals surface area (Å²) in [5.41, 5.74) is 2.08. The summed E-state index contributed by atoms with van der Waals surface area (Å²) >= 11 is 0. The molecule has 27 heavy (non-hydrogen) atoms. The van der Waals surface area contributed by atoms with Crippen LogP contribution in [0.5, 0.6) is 0 Å². The quantitative estimate of drug-likeness (QED) is 0.886. The Morgan fingerprint density at radius 3 is 2.81 bits per heavy atom. The number of aromatic nitrogens is 1. The van der Waals surface area contributed by atoms with Crippen LogP contribution < -0.4 is 10.2 Å². The maximum Gasteiger partial charge on any atom is 0.251 e. The van der Waals surface area contributed by atoms with Crippen LogP contribution >= 0.6 is 0 Å². The van der Waals surface area contributed by atoms with E-state index in [0.717, 1.165) is 32.0 Å². The molecule has 5 rings (SSSR count). The predicted molar refractivity (Wildman–Crippen MR) is 108 cm³/mol. The molecule has 5 nitrogen and oxygen atoms in total. The Bertz CT molecular complexity index is 779. The fourth-order valence-electron chi connectivity index (χ4n) is 4.37. The van der Waals surface area contributed by atoms with E-state index >= 15 is 0 Å². The van der Waals surface area contributed by atoms with Crippen molar-refractivity contribution in [2.75, 3.05) is 31.1 Å².